The van der Waals surface area contributed by atoms with Crippen molar-refractivity contribution in [1.82, 2.24) is 24.1 Å². The third-order valence-corrected chi connectivity index (χ3v) is 6.67. The number of aryl methyl sites for hydroxylation is 4. The number of hydrogen-bond donors (Lipinski definition) is 1. The van der Waals surface area contributed by atoms with Gasteiger partial charge in [-0.2, -0.15) is 0 Å². The first-order valence-corrected chi connectivity index (χ1v) is 11.6. The molecule has 8 nitrogen and oxygen atoms in total. The zero-order chi connectivity index (χ0) is 23.7. The molecular formula is C24H26N6O2S. The first kappa shape index (κ1) is 22.7. The lowest BCUT2D eigenvalue weighted by molar-refractivity contribution is -0.113. The number of pyridine rings is 1. The minimum absolute atomic E-state index is 0.105. The van der Waals surface area contributed by atoms with E-state index >= 15 is 0 Å². The zero-order valence-corrected chi connectivity index (χ0v) is 20.2. The molecule has 9 heteroatoms. The van der Waals surface area contributed by atoms with Crippen LogP contribution in [0.25, 0.3) is 5.65 Å². The van der Waals surface area contributed by atoms with Crippen molar-refractivity contribution in [1.29, 1.82) is 0 Å². The molecule has 1 N–H and O–H groups in total. The lowest BCUT2D eigenvalue weighted by Gasteiger charge is -2.09. The summed E-state index contributed by atoms with van der Waals surface area (Å²) in [5.74, 6) is 0.731. The highest BCUT2D eigenvalue weighted by atomic mass is 32.2. The van der Waals surface area contributed by atoms with Crippen molar-refractivity contribution in [2.75, 3.05) is 11.1 Å². The molecule has 3 aromatic heterocycles. The summed E-state index contributed by atoms with van der Waals surface area (Å²) < 4.78 is 3.39. The van der Waals surface area contributed by atoms with E-state index in [-0.39, 0.29) is 17.2 Å². The van der Waals surface area contributed by atoms with Gasteiger partial charge in [-0.05, 0) is 62.6 Å². The van der Waals surface area contributed by atoms with Gasteiger partial charge in [-0.1, -0.05) is 23.9 Å². The van der Waals surface area contributed by atoms with Crippen LogP contribution in [0.15, 0.2) is 46.5 Å². The van der Waals surface area contributed by atoms with E-state index < -0.39 is 0 Å². The van der Waals surface area contributed by atoms with Gasteiger partial charge < -0.3 is 9.88 Å². The Morgan fingerprint density at radius 3 is 2.61 bits per heavy atom. The monoisotopic (exact) mass is 462 g/mol. The molecule has 1 amide bonds. The Bertz CT molecular complexity index is 1420. The smallest absolute Gasteiger partial charge is 0.261 e. The average Bonchev–Trinajstić information content (AvgIpc) is 3.12. The number of benzene rings is 1. The number of anilines is 1. The molecule has 0 saturated heterocycles. The highest BCUT2D eigenvalue weighted by Gasteiger charge is 2.16. The van der Waals surface area contributed by atoms with Crippen LogP contribution in [-0.2, 0) is 18.3 Å². The Labute approximate surface area is 196 Å². The summed E-state index contributed by atoms with van der Waals surface area (Å²) in [5, 5.41) is 12.0. The fourth-order valence-electron chi connectivity index (χ4n) is 3.53. The molecule has 0 spiro atoms. The van der Waals surface area contributed by atoms with Crippen LogP contribution in [0.2, 0.25) is 0 Å². The fourth-order valence-corrected chi connectivity index (χ4v) is 4.25. The minimum atomic E-state index is -0.115. The molecule has 4 aromatic rings. The zero-order valence-electron chi connectivity index (χ0n) is 19.3. The molecule has 0 bridgehead atoms. The topological polar surface area (TPSA) is 94.2 Å². The van der Waals surface area contributed by atoms with Gasteiger partial charge in [0.15, 0.2) is 5.16 Å². The maximum Gasteiger partial charge on any atom is 0.261 e. The van der Waals surface area contributed by atoms with Crippen LogP contribution in [0.1, 0.15) is 33.8 Å². The van der Waals surface area contributed by atoms with E-state index in [4.69, 9.17) is 0 Å². The number of nitrogens with zero attached hydrogens (tertiary/aromatic N) is 5. The van der Waals surface area contributed by atoms with E-state index in [1.807, 2.05) is 69.6 Å². The van der Waals surface area contributed by atoms with Crippen LogP contribution in [0.4, 0.5) is 5.69 Å². The van der Waals surface area contributed by atoms with E-state index in [0.717, 1.165) is 16.8 Å². The Morgan fingerprint density at radius 1 is 1.06 bits per heavy atom. The Morgan fingerprint density at radius 2 is 1.85 bits per heavy atom. The Hall–Kier alpha value is -3.46. The molecule has 170 valence electrons. The number of thioether (sulfide) groups is 1. The van der Waals surface area contributed by atoms with Gasteiger partial charge in [0, 0.05) is 36.6 Å². The molecular weight excluding hydrogens is 436 g/mol. The number of aromatic nitrogens is 5. The Kier molecular flexibility index (Phi) is 6.33. The predicted molar refractivity (Wildman–Crippen MR) is 130 cm³/mol. The van der Waals surface area contributed by atoms with Gasteiger partial charge in [0.1, 0.15) is 11.5 Å². The van der Waals surface area contributed by atoms with Crippen molar-refractivity contribution in [3.63, 3.8) is 0 Å². The molecule has 33 heavy (non-hydrogen) atoms. The second-order valence-corrected chi connectivity index (χ2v) is 9.13. The van der Waals surface area contributed by atoms with Gasteiger partial charge in [-0.15, -0.1) is 10.2 Å². The van der Waals surface area contributed by atoms with E-state index in [9.17, 15) is 9.59 Å². The molecule has 0 saturated carbocycles. The fraction of sp³-hybridized carbons (Fsp3) is 0.292. The third-order valence-electron chi connectivity index (χ3n) is 5.65. The van der Waals surface area contributed by atoms with Crippen LogP contribution in [0.5, 0.6) is 0 Å². The number of hydrogen-bond acceptors (Lipinski definition) is 6. The summed E-state index contributed by atoms with van der Waals surface area (Å²) in [5.41, 5.74) is 5.84. The Balaban J connectivity index is 1.47. The number of carbonyl (C=O) groups is 1. The van der Waals surface area contributed by atoms with Crippen molar-refractivity contribution in [2.24, 2.45) is 7.05 Å². The van der Waals surface area contributed by atoms with Crippen LogP contribution in [-0.4, -0.2) is 35.8 Å². The van der Waals surface area contributed by atoms with E-state index in [1.165, 1.54) is 17.3 Å². The van der Waals surface area contributed by atoms with Gasteiger partial charge >= 0.3 is 0 Å². The summed E-state index contributed by atoms with van der Waals surface area (Å²) in [6.07, 6.45) is 2.10. The first-order chi connectivity index (χ1) is 15.7. The second kappa shape index (κ2) is 9.19. The van der Waals surface area contributed by atoms with Gasteiger partial charge in [-0.25, -0.2) is 4.98 Å². The molecule has 0 aliphatic heterocycles. The van der Waals surface area contributed by atoms with Gasteiger partial charge in [0.2, 0.25) is 5.91 Å². The molecule has 0 fully saturated rings. The minimum Gasteiger partial charge on any atom is -0.325 e. The van der Waals surface area contributed by atoms with Crippen molar-refractivity contribution in [2.45, 2.75) is 39.3 Å². The highest BCUT2D eigenvalue weighted by Crippen LogP contribution is 2.19. The lowest BCUT2D eigenvalue weighted by atomic mass is 10.1. The summed E-state index contributed by atoms with van der Waals surface area (Å²) in [7, 11) is 1.84. The van der Waals surface area contributed by atoms with E-state index in [0.29, 0.717) is 34.3 Å². The van der Waals surface area contributed by atoms with Crippen LogP contribution >= 0.6 is 11.8 Å². The maximum absolute atomic E-state index is 13.1. The third kappa shape index (κ3) is 4.83. The van der Waals surface area contributed by atoms with Gasteiger partial charge in [-0.3, -0.25) is 14.0 Å². The number of amides is 1. The number of nitrogens with one attached hydrogen (secondary N) is 1. The summed E-state index contributed by atoms with van der Waals surface area (Å²) in [6.45, 7) is 7.82. The second-order valence-electron chi connectivity index (χ2n) is 8.19. The van der Waals surface area contributed by atoms with Gasteiger partial charge in [0.05, 0.1) is 5.75 Å². The molecule has 0 radical (unpaired) electrons. The molecule has 4 rings (SSSR count). The normalized spacial score (nSPS) is 11.2. The number of fused-ring (bicyclic) bond motifs is 1. The largest absolute Gasteiger partial charge is 0.325 e. The average molecular weight is 463 g/mol. The summed E-state index contributed by atoms with van der Waals surface area (Å²) in [4.78, 5) is 30.0. The molecule has 3 heterocycles. The van der Waals surface area contributed by atoms with Crippen LogP contribution in [0.3, 0.4) is 0 Å². The van der Waals surface area contributed by atoms with Crippen molar-refractivity contribution in [3.05, 3.63) is 80.7 Å². The SMILES string of the molecule is Cc1ccc2nc(C)c(Cc3nnc(SCC(=O)Nc4ccc(C)c(C)c4)n3C)c(=O)n2c1. The number of rotatable bonds is 6. The van der Waals surface area contributed by atoms with Crippen molar-refractivity contribution < 1.29 is 4.79 Å². The molecule has 0 aliphatic rings. The first-order valence-electron chi connectivity index (χ1n) is 10.6. The van der Waals surface area contributed by atoms with Crippen molar-refractivity contribution in [3.8, 4) is 0 Å². The van der Waals surface area contributed by atoms with Crippen molar-refractivity contribution >= 4 is 29.0 Å². The van der Waals surface area contributed by atoms with E-state index in [2.05, 4.69) is 20.5 Å². The van der Waals surface area contributed by atoms with Crippen LogP contribution < -0.4 is 10.9 Å². The lowest BCUT2D eigenvalue weighted by Crippen LogP contribution is -2.22. The molecule has 1 aromatic carbocycles. The quantitative estimate of drug-likeness (QED) is 0.442. The molecule has 0 aliphatic carbocycles. The highest BCUT2D eigenvalue weighted by molar-refractivity contribution is 7.99. The number of carbonyl (C=O) groups excluding carboxylic acids is 1. The van der Waals surface area contributed by atoms with E-state index in [1.54, 1.807) is 10.6 Å². The van der Waals surface area contributed by atoms with Gasteiger partial charge in [0.25, 0.3) is 5.56 Å². The summed E-state index contributed by atoms with van der Waals surface area (Å²) >= 11 is 1.30. The predicted octanol–water partition coefficient (Wildman–Crippen LogP) is 3.38. The standard InChI is InChI=1S/C24H26N6O2S/c1-14-6-9-20-25-17(4)19(23(32)30(20)12-14)11-21-27-28-24(29(21)5)33-13-22(31)26-18-8-7-15(2)16(3)10-18/h6-10,12H,11,13H2,1-5H3,(H,26,31). The van der Waals surface area contributed by atoms with Crippen LogP contribution in [0, 0.1) is 27.7 Å². The summed E-state index contributed by atoms with van der Waals surface area (Å²) in [6, 6.07) is 9.61. The molecule has 0 atom stereocenters. The maximum atomic E-state index is 13.1. The molecule has 0 unspecified atom stereocenters.